The Kier molecular flexibility index (Phi) is 6.84. The highest BCUT2D eigenvalue weighted by molar-refractivity contribution is 6.02. The predicted molar refractivity (Wildman–Crippen MR) is 135 cm³/mol. The number of benzene rings is 3. The van der Waals surface area contributed by atoms with Crippen molar-refractivity contribution in [2.24, 2.45) is 5.16 Å². The van der Waals surface area contributed by atoms with E-state index in [-0.39, 0.29) is 5.92 Å². The van der Waals surface area contributed by atoms with Crippen LogP contribution in [0.25, 0.3) is 0 Å². The number of para-hydroxylation sites is 1. The van der Waals surface area contributed by atoms with Crippen LogP contribution in [0.5, 0.6) is 17.2 Å². The zero-order valence-corrected chi connectivity index (χ0v) is 19.2. The molecule has 0 saturated heterocycles. The van der Waals surface area contributed by atoms with Gasteiger partial charge in [-0.2, -0.15) is 0 Å². The highest BCUT2D eigenvalue weighted by Gasteiger charge is 2.27. The highest BCUT2D eigenvalue weighted by atomic mass is 16.5. The molecule has 0 radical (unpaired) electrons. The smallest absolute Gasteiger partial charge is 0.223 e. The molecule has 1 aliphatic rings. The topological polar surface area (TPSA) is 88.9 Å². The molecule has 1 atom stereocenters. The summed E-state index contributed by atoms with van der Waals surface area (Å²) in [5.74, 6) is 3.05. The Hall–Kier alpha value is -4.39. The van der Waals surface area contributed by atoms with Crippen molar-refractivity contribution < 1.29 is 14.7 Å². The SMILES string of the molecule is O/N=C1\CC(c2ccccc2)Cc2nc(NCCOc3ccc(Oc4ccccc4)cc3)ncc21. The van der Waals surface area contributed by atoms with Gasteiger partial charge in [0.05, 0.1) is 18.0 Å². The normalized spacial score (nSPS) is 15.9. The molecule has 176 valence electrons. The van der Waals surface area contributed by atoms with Crippen molar-refractivity contribution in [2.75, 3.05) is 18.5 Å². The molecule has 7 heteroatoms. The molecule has 7 nitrogen and oxygen atoms in total. The molecule has 3 aromatic carbocycles. The van der Waals surface area contributed by atoms with Crippen molar-refractivity contribution in [1.29, 1.82) is 0 Å². The van der Waals surface area contributed by atoms with Crippen LogP contribution in [0, 0.1) is 0 Å². The zero-order valence-electron chi connectivity index (χ0n) is 19.2. The van der Waals surface area contributed by atoms with Crippen LogP contribution < -0.4 is 14.8 Å². The number of hydrogen-bond acceptors (Lipinski definition) is 7. The molecule has 5 rings (SSSR count). The molecule has 2 N–H and O–H groups in total. The summed E-state index contributed by atoms with van der Waals surface area (Å²) in [5.41, 5.74) is 3.51. The fraction of sp³-hybridized carbons (Fsp3) is 0.179. The summed E-state index contributed by atoms with van der Waals surface area (Å²) in [4.78, 5) is 9.09. The summed E-state index contributed by atoms with van der Waals surface area (Å²) in [6.45, 7) is 0.999. The molecular formula is C28H26N4O3. The minimum absolute atomic E-state index is 0.217. The molecule has 1 aromatic heterocycles. The van der Waals surface area contributed by atoms with E-state index in [1.54, 1.807) is 6.20 Å². The van der Waals surface area contributed by atoms with Crippen molar-refractivity contribution in [2.45, 2.75) is 18.8 Å². The monoisotopic (exact) mass is 466 g/mol. The first-order valence-corrected chi connectivity index (χ1v) is 11.6. The number of aromatic nitrogens is 2. The maximum Gasteiger partial charge on any atom is 0.223 e. The van der Waals surface area contributed by atoms with Crippen LogP contribution in [0.15, 0.2) is 96.3 Å². The van der Waals surface area contributed by atoms with Crippen LogP contribution in [0.4, 0.5) is 5.95 Å². The number of nitrogens with zero attached hydrogens (tertiary/aromatic N) is 3. The van der Waals surface area contributed by atoms with Crippen LogP contribution >= 0.6 is 0 Å². The average molecular weight is 467 g/mol. The first kappa shape index (κ1) is 22.4. The first-order valence-electron chi connectivity index (χ1n) is 11.6. The number of oxime groups is 1. The van der Waals surface area contributed by atoms with Gasteiger partial charge >= 0.3 is 0 Å². The van der Waals surface area contributed by atoms with Gasteiger partial charge in [-0.05, 0) is 54.3 Å². The van der Waals surface area contributed by atoms with Crippen LogP contribution in [-0.4, -0.2) is 34.0 Å². The molecule has 4 aromatic rings. The van der Waals surface area contributed by atoms with Crippen LogP contribution in [-0.2, 0) is 6.42 Å². The van der Waals surface area contributed by atoms with Gasteiger partial charge in [0.1, 0.15) is 23.9 Å². The van der Waals surface area contributed by atoms with E-state index in [1.165, 1.54) is 5.56 Å². The van der Waals surface area contributed by atoms with E-state index in [1.807, 2.05) is 72.8 Å². The lowest BCUT2D eigenvalue weighted by Crippen LogP contribution is -2.22. The summed E-state index contributed by atoms with van der Waals surface area (Å²) in [5, 5.41) is 16.3. The Bertz CT molecular complexity index is 1280. The maximum atomic E-state index is 9.54. The van der Waals surface area contributed by atoms with E-state index in [0.29, 0.717) is 31.2 Å². The van der Waals surface area contributed by atoms with E-state index >= 15 is 0 Å². The van der Waals surface area contributed by atoms with Crippen LogP contribution in [0.3, 0.4) is 0 Å². The largest absolute Gasteiger partial charge is 0.492 e. The number of nitrogens with one attached hydrogen (secondary N) is 1. The Labute approximate surface area is 204 Å². The van der Waals surface area contributed by atoms with Gasteiger partial charge in [0.25, 0.3) is 0 Å². The molecule has 0 fully saturated rings. The molecular weight excluding hydrogens is 440 g/mol. The fourth-order valence-corrected chi connectivity index (χ4v) is 4.16. The standard InChI is InChI=1S/C28H26N4O3/c33-32-27-18-21(20-7-3-1-4-8-20)17-26-25(27)19-30-28(31-26)29-15-16-34-22-11-13-24(14-12-22)35-23-9-5-2-6-10-23/h1-14,19,21,33H,15-18H2,(H,29,30,31)/b32-27+. The Balaban J connectivity index is 1.15. The lowest BCUT2D eigenvalue weighted by atomic mass is 9.82. The zero-order chi connectivity index (χ0) is 23.9. The fourth-order valence-electron chi connectivity index (χ4n) is 4.16. The molecule has 0 saturated carbocycles. The summed E-state index contributed by atoms with van der Waals surface area (Å²) < 4.78 is 11.6. The lowest BCUT2D eigenvalue weighted by molar-refractivity contribution is 0.316. The van der Waals surface area contributed by atoms with Gasteiger partial charge in [-0.1, -0.05) is 53.7 Å². The third-order valence-electron chi connectivity index (χ3n) is 5.91. The first-order chi connectivity index (χ1) is 17.3. The lowest BCUT2D eigenvalue weighted by Gasteiger charge is -2.25. The predicted octanol–water partition coefficient (Wildman–Crippen LogP) is 5.67. The van der Waals surface area contributed by atoms with Crippen LogP contribution in [0.2, 0.25) is 0 Å². The average Bonchev–Trinajstić information content (AvgIpc) is 2.92. The summed E-state index contributed by atoms with van der Waals surface area (Å²) in [6.07, 6.45) is 3.16. The molecule has 0 bridgehead atoms. The van der Waals surface area contributed by atoms with E-state index in [4.69, 9.17) is 14.5 Å². The molecule has 0 amide bonds. The number of fused-ring (bicyclic) bond motifs is 1. The van der Waals surface area contributed by atoms with Crippen molar-refractivity contribution >= 4 is 11.7 Å². The Morgan fingerprint density at radius 1 is 0.857 bits per heavy atom. The minimum atomic E-state index is 0.217. The molecule has 0 aliphatic heterocycles. The number of ether oxygens (including phenoxy) is 2. The second-order valence-electron chi connectivity index (χ2n) is 8.28. The number of hydrogen-bond donors (Lipinski definition) is 2. The van der Waals surface area contributed by atoms with Gasteiger partial charge in [-0.25, -0.2) is 9.97 Å². The second-order valence-corrected chi connectivity index (χ2v) is 8.28. The third-order valence-corrected chi connectivity index (χ3v) is 5.91. The molecule has 35 heavy (non-hydrogen) atoms. The van der Waals surface area contributed by atoms with Gasteiger partial charge in [-0.15, -0.1) is 0 Å². The second kappa shape index (κ2) is 10.7. The number of rotatable bonds is 8. The van der Waals surface area contributed by atoms with Gasteiger partial charge in [0, 0.05) is 18.2 Å². The third kappa shape index (κ3) is 5.58. The Morgan fingerprint density at radius 2 is 1.54 bits per heavy atom. The maximum absolute atomic E-state index is 9.54. The highest BCUT2D eigenvalue weighted by Crippen LogP contribution is 2.32. The van der Waals surface area contributed by atoms with E-state index < -0.39 is 0 Å². The minimum Gasteiger partial charge on any atom is -0.492 e. The van der Waals surface area contributed by atoms with Gasteiger partial charge in [0.15, 0.2) is 0 Å². The van der Waals surface area contributed by atoms with E-state index in [0.717, 1.165) is 34.9 Å². The van der Waals surface area contributed by atoms with Gasteiger partial charge in [0.2, 0.25) is 5.95 Å². The van der Waals surface area contributed by atoms with E-state index in [9.17, 15) is 5.21 Å². The van der Waals surface area contributed by atoms with Crippen LogP contribution in [0.1, 0.15) is 29.2 Å². The van der Waals surface area contributed by atoms with Gasteiger partial charge in [-0.3, -0.25) is 0 Å². The molecule has 1 aliphatic carbocycles. The quantitative estimate of drug-likeness (QED) is 0.198. The Morgan fingerprint density at radius 3 is 2.29 bits per heavy atom. The molecule has 1 heterocycles. The summed E-state index contributed by atoms with van der Waals surface area (Å²) >= 11 is 0. The molecule has 0 spiro atoms. The van der Waals surface area contributed by atoms with Crippen molar-refractivity contribution in [3.63, 3.8) is 0 Å². The van der Waals surface area contributed by atoms with Crippen molar-refractivity contribution in [3.05, 3.63) is 108 Å². The summed E-state index contributed by atoms with van der Waals surface area (Å²) in [7, 11) is 0. The van der Waals surface area contributed by atoms with Crippen molar-refractivity contribution in [1.82, 2.24) is 9.97 Å². The van der Waals surface area contributed by atoms with Gasteiger partial charge < -0.3 is 20.0 Å². The molecule has 1 unspecified atom stereocenters. The summed E-state index contributed by atoms with van der Waals surface area (Å²) in [6, 6.07) is 27.4. The van der Waals surface area contributed by atoms with Crippen molar-refractivity contribution in [3.8, 4) is 17.2 Å². The van der Waals surface area contributed by atoms with E-state index in [2.05, 4.69) is 27.6 Å². The number of anilines is 1.